The molecule has 1 heterocycles. The second kappa shape index (κ2) is 5.17. The van der Waals surface area contributed by atoms with E-state index in [1.807, 2.05) is 34.6 Å². The number of halogens is 2. The van der Waals surface area contributed by atoms with Gasteiger partial charge in [-0.1, -0.05) is 23.7 Å². The van der Waals surface area contributed by atoms with Crippen molar-refractivity contribution in [2.24, 2.45) is 0 Å². The smallest absolute Gasteiger partial charge is 0.400 e. The zero-order valence-electron chi connectivity index (χ0n) is 12.5. The van der Waals surface area contributed by atoms with Crippen LogP contribution in [0.1, 0.15) is 40.2 Å². The molecule has 0 aromatic heterocycles. The van der Waals surface area contributed by atoms with Crippen molar-refractivity contribution < 1.29 is 13.7 Å². The van der Waals surface area contributed by atoms with E-state index >= 15 is 0 Å². The van der Waals surface area contributed by atoms with Crippen LogP contribution in [0.4, 0.5) is 4.39 Å². The molecule has 0 N–H and O–H groups in total. The van der Waals surface area contributed by atoms with Crippen LogP contribution in [0.2, 0.25) is 5.02 Å². The summed E-state index contributed by atoms with van der Waals surface area (Å²) in [6, 6.07) is 4.63. The van der Waals surface area contributed by atoms with Gasteiger partial charge < -0.3 is 9.31 Å². The van der Waals surface area contributed by atoms with E-state index < -0.39 is 18.3 Å². The maximum atomic E-state index is 13.8. The molecule has 1 aromatic rings. The standard InChI is InChI=1S/C15H19BClFO2/c1-10(9-11-12(17)7-6-8-13(11)18)16-19-14(2,3)15(4,5)20-16/h6-9H,1-5H3. The first-order chi connectivity index (χ1) is 9.14. The Morgan fingerprint density at radius 3 is 2.25 bits per heavy atom. The molecule has 0 radical (unpaired) electrons. The van der Waals surface area contributed by atoms with Gasteiger partial charge in [0.25, 0.3) is 0 Å². The molecule has 1 saturated heterocycles. The van der Waals surface area contributed by atoms with Gasteiger partial charge in [0.1, 0.15) is 5.82 Å². The van der Waals surface area contributed by atoms with Crippen molar-refractivity contribution in [3.63, 3.8) is 0 Å². The lowest BCUT2D eigenvalue weighted by atomic mass is 9.78. The first-order valence-electron chi connectivity index (χ1n) is 6.62. The third-order valence-corrected chi connectivity index (χ3v) is 4.33. The van der Waals surface area contributed by atoms with Crippen molar-refractivity contribution in [1.29, 1.82) is 0 Å². The maximum absolute atomic E-state index is 13.8. The van der Waals surface area contributed by atoms with Crippen molar-refractivity contribution in [1.82, 2.24) is 0 Å². The Morgan fingerprint density at radius 2 is 1.75 bits per heavy atom. The lowest BCUT2D eigenvalue weighted by Crippen LogP contribution is -2.41. The monoisotopic (exact) mass is 296 g/mol. The van der Waals surface area contributed by atoms with E-state index in [2.05, 4.69) is 0 Å². The minimum absolute atomic E-state index is 0.353. The van der Waals surface area contributed by atoms with Crippen LogP contribution in [0.5, 0.6) is 0 Å². The summed E-state index contributed by atoms with van der Waals surface area (Å²) in [6.07, 6.45) is 1.68. The van der Waals surface area contributed by atoms with E-state index in [1.54, 1.807) is 18.2 Å². The van der Waals surface area contributed by atoms with Gasteiger partial charge in [-0.15, -0.1) is 0 Å². The molecule has 0 saturated carbocycles. The van der Waals surface area contributed by atoms with Crippen molar-refractivity contribution >= 4 is 24.8 Å². The Labute approximate surface area is 125 Å². The molecular formula is C15H19BClFO2. The first kappa shape index (κ1) is 15.6. The van der Waals surface area contributed by atoms with Crippen molar-refractivity contribution in [2.75, 3.05) is 0 Å². The van der Waals surface area contributed by atoms with E-state index in [0.29, 0.717) is 10.6 Å². The fraction of sp³-hybridized carbons (Fsp3) is 0.467. The van der Waals surface area contributed by atoms with Gasteiger partial charge in [-0.3, -0.25) is 0 Å². The predicted molar refractivity (Wildman–Crippen MR) is 81.1 cm³/mol. The zero-order valence-corrected chi connectivity index (χ0v) is 13.2. The van der Waals surface area contributed by atoms with Gasteiger partial charge >= 0.3 is 7.12 Å². The average molecular weight is 297 g/mol. The molecule has 108 valence electrons. The fourth-order valence-electron chi connectivity index (χ4n) is 1.97. The largest absolute Gasteiger partial charge is 0.490 e. The van der Waals surface area contributed by atoms with Crippen LogP contribution in [0.15, 0.2) is 23.7 Å². The van der Waals surface area contributed by atoms with Gasteiger partial charge in [-0.05, 0) is 52.2 Å². The van der Waals surface area contributed by atoms with Crippen LogP contribution in [0.25, 0.3) is 6.08 Å². The molecule has 0 aliphatic carbocycles. The van der Waals surface area contributed by atoms with Gasteiger partial charge in [-0.25, -0.2) is 4.39 Å². The molecule has 5 heteroatoms. The molecule has 20 heavy (non-hydrogen) atoms. The SMILES string of the molecule is CC(=Cc1c(F)cccc1Cl)B1OC(C)(C)C(C)(C)O1. The van der Waals surface area contributed by atoms with Crippen LogP contribution in [-0.4, -0.2) is 18.3 Å². The maximum Gasteiger partial charge on any atom is 0.490 e. The summed E-state index contributed by atoms with van der Waals surface area (Å²) in [4.78, 5) is 0. The quantitative estimate of drug-likeness (QED) is 0.747. The van der Waals surface area contributed by atoms with Crippen LogP contribution >= 0.6 is 11.6 Å². The Balaban J connectivity index is 2.29. The van der Waals surface area contributed by atoms with Crippen molar-refractivity contribution in [3.05, 3.63) is 40.1 Å². The molecule has 0 atom stereocenters. The predicted octanol–water partition coefficient (Wildman–Crippen LogP) is 4.51. The van der Waals surface area contributed by atoms with Crippen LogP contribution in [-0.2, 0) is 9.31 Å². The minimum Gasteiger partial charge on any atom is -0.400 e. The van der Waals surface area contributed by atoms with Gasteiger partial charge in [0.2, 0.25) is 0 Å². The highest BCUT2D eigenvalue weighted by Gasteiger charge is 2.51. The molecule has 2 nitrogen and oxygen atoms in total. The molecule has 0 bridgehead atoms. The number of rotatable bonds is 2. The van der Waals surface area contributed by atoms with E-state index in [4.69, 9.17) is 20.9 Å². The number of allylic oxidation sites excluding steroid dienone is 1. The third-order valence-electron chi connectivity index (χ3n) is 4.00. The summed E-state index contributed by atoms with van der Waals surface area (Å²) in [5, 5.41) is 0.376. The molecule has 1 aliphatic heterocycles. The Morgan fingerprint density at radius 1 is 1.20 bits per heavy atom. The van der Waals surface area contributed by atoms with Gasteiger partial charge in [0, 0.05) is 5.56 Å². The summed E-state index contributed by atoms with van der Waals surface area (Å²) in [7, 11) is -0.490. The normalized spacial score (nSPS) is 21.4. The zero-order chi connectivity index (χ0) is 15.1. The summed E-state index contributed by atoms with van der Waals surface area (Å²) in [5.41, 5.74) is 0.328. The number of hydrogen-bond acceptors (Lipinski definition) is 2. The molecule has 0 spiro atoms. The van der Waals surface area contributed by atoms with Crippen molar-refractivity contribution in [2.45, 2.75) is 45.8 Å². The topological polar surface area (TPSA) is 18.5 Å². The van der Waals surface area contributed by atoms with Gasteiger partial charge in [0.15, 0.2) is 0 Å². The second-order valence-corrected chi connectivity index (χ2v) is 6.52. The molecule has 0 unspecified atom stereocenters. The van der Waals surface area contributed by atoms with E-state index in [1.165, 1.54) is 6.07 Å². The van der Waals surface area contributed by atoms with Gasteiger partial charge in [0.05, 0.1) is 16.2 Å². The third kappa shape index (κ3) is 2.78. The molecule has 0 amide bonds. The highest BCUT2D eigenvalue weighted by molar-refractivity contribution is 6.55. The van der Waals surface area contributed by atoms with E-state index in [-0.39, 0.29) is 5.82 Å². The second-order valence-electron chi connectivity index (χ2n) is 6.11. The summed E-state index contributed by atoms with van der Waals surface area (Å²) in [5.74, 6) is -0.353. The molecule has 2 rings (SSSR count). The van der Waals surface area contributed by atoms with Crippen molar-refractivity contribution in [3.8, 4) is 0 Å². The van der Waals surface area contributed by atoms with E-state index in [9.17, 15) is 4.39 Å². The number of benzene rings is 1. The minimum atomic E-state index is -0.490. The molecule has 1 fully saturated rings. The summed E-state index contributed by atoms with van der Waals surface area (Å²) < 4.78 is 25.6. The molecule has 1 aromatic carbocycles. The molecular weight excluding hydrogens is 277 g/mol. The number of hydrogen-bond donors (Lipinski definition) is 0. The Bertz CT molecular complexity index is 519. The highest BCUT2D eigenvalue weighted by atomic mass is 35.5. The summed E-state index contributed by atoms with van der Waals surface area (Å²) in [6.45, 7) is 9.78. The van der Waals surface area contributed by atoms with Crippen LogP contribution in [0.3, 0.4) is 0 Å². The molecule has 1 aliphatic rings. The fourth-order valence-corrected chi connectivity index (χ4v) is 2.19. The van der Waals surface area contributed by atoms with E-state index in [0.717, 1.165) is 5.47 Å². The van der Waals surface area contributed by atoms with Crippen LogP contribution in [0, 0.1) is 5.82 Å². The van der Waals surface area contributed by atoms with Crippen LogP contribution < -0.4 is 0 Å². The lowest BCUT2D eigenvalue weighted by molar-refractivity contribution is 0.00578. The Kier molecular flexibility index (Phi) is 4.02. The lowest BCUT2D eigenvalue weighted by Gasteiger charge is -2.32. The average Bonchev–Trinajstić information content (AvgIpc) is 2.53. The van der Waals surface area contributed by atoms with Gasteiger partial charge in [-0.2, -0.15) is 0 Å². The highest BCUT2D eigenvalue weighted by Crippen LogP contribution is 2.39. The summed E-state index contributed by atoms with van der Waals surface area (Å²) >= 11 is 6.03. The Hall–Kier alpha value is -0.835. The first-order valence-corrected chi connectivity index (χ1v) is 7.00.